The Morgan fingerprint density at radius 2 is 1.34 bits per heavy atom. The van der Waals surface area contributed by atoms with E-state index in [-0.39, 0.29) is 5.91 Å². The Labute approximate surface area is 189 Å². The van der Waals surface area contributed by atoms with Crippen LogP contribution in [0.1, 0.15) is 43.4 Å². The minimum Gasteiger partial charge on any atom is -0.444 e. The van der Waals surface area contributed by atoms with Crippen LogP contribution in [-0.4, -0.2) is 24.1 Å². The molecule has 32 heavy (non-hydrogen) atoms. The molecule has 2 amide bonds. The molecule has 3 rings (SSSR count). The maximum Gasteiger partial charge on any atom is 0.407 e. The fraction of sp³-hybridized carbons (Fsp3) is 0.259. The largest absolute Gasteiger partial charge is 0.444 e. The number of carbonyl (C=O) groups excluding carboxylic acids is 2. The molecular formula is C27H30N2O3. The van der Waals surface area contributed by atoms with Crippen molar-refractivity contribution < 1.29 is 14.3 Å². The standard InChI is InChI=1S/C27H30N2O3/c1-27(2,3)32-26(31)28-19-18-20-14-16-23(17-15-20)29-25(30)24(21-10-6-4-7-11-21)22-12-8-5-9-13-22/h4-17,24H,18-19H2,1-3H3,(H,28,31)(H,29,30). The zero-order chi connectivity index (χ0) is 23.0. The molecule has 0 saturated carbocycles. The van der Waals surface area contributed by atoms with Crippen LogP contribution in [0.5, 0.6) is 0 Å². The van der Waals surface area contributed by atoms with Gasteiger partial charge in [-0.15, -0.1) is 0 Å². The van der Waals surface area contributed by atoms with Gasteiger partial charge in [-0.05, 0) is 56.0 Å². The number of carbonyl (C=O) groups is 2. The first-order valence-electron chi connectivity index (χ1n) is 10.8. The third kappa shape index (κ3) is 6.98. The van der Waals surface area contributed by atoms with Gasteiger partial charge in [0.05, 0.1) is 5.92 Å². The number of benzene rings is 3. The molecule has 0 saturated heterocycles. The summed E-state index contributed by atoms with van der Waals surface area (Å²) in [6.45, 7) is 5.98. The summed E-state index contributed by atoms with van der Waals surface area (Å²) in [4.78, 5) is 24.9. The fourth-order valence-corrected chi connectivity index (χ4v) is 3.38. The maximum absolute atomic E-state index is 13.2. The predicted molar refractivity (Wildman–Crippen MR) is 128 cm³/mol. The molecule has 0 aliphatic carbocycles. The van der Waals surface area contributed by atoms with Crippen LogP contribution in [0, 0.1) is 0 Å². The summed E-state index contributed by atoms with van der Waals surface area (Å²) in [5, 5.41) is 5.79. The van der Waals surface area contributed by atoms with Gasteiger partial charge in [-0.2, -0.15) is 0 Å². The van der Waals surface area contributed by atoms with E-state index >= 15 is 0 Å². The van der Waals surface area contributed by atoms with Crippen LogP contribution >= 0.6 is 0 Å². The van der Waals surface area contributed by atoms with Gasteiger partial charge in [0.25, 0.3) is 0 Å². The lowest BCUT2D eigenvalue weighted by atomic mass is 9.90. The molecular weight excluding hydrogens is 400 g/mol. The Bertz CT molecular complexity index is 971. The Balaban J connectivity index is 1.61. The molecule has 0 heterocycles. The average molecular weight is 431 g/mol. The monoisotopic (exact) mass is 430 g/mol. The molecule has 0 aliphatic rings. The second-order valence-electron chi connectivity index (χ2n) is 8.62. The topological polar surface area (TPSA) is 67.4 Å². The van der Waals surface area contributed by atoms with Crippen LogP contribution < -0.4 is 10.6 Å². The first-order valence-corrected chi connectivity index (χ1v) is 10.8. The highest BCUT2D eigenvalue weighted by molar-refractivity contribution is 5.98. The number of ether oxygens (including phenoxy) is 1. The molecule has 2 N–H and O–H groups in total. The van der Waals surface area contributed by atoms with Gasteiger partial charge in [0.15, 0.2) is 0 Å². The van der Waals surface area contributed by atoms with Crippen LogP contribution in [0.2, 0.25) is 0 Å². The molecule has 0 bridgehead atoms. The third-order valence-corrected chi connectivity index (χ3v) is 4.83. The van der Waals surface area contributed by atoms with Crippen LogP contribution in [-0.2, 0) is 16.0 Å². The minimum atomic E-state index is -0.513. The lowest BCUT2D eigenvalue weighted by molar-refractivity contribution is -0.116. The first kappa shape index (κ1) is 23.1. The second-order valence-corrected chi connectivity index (χ2v) is 8.62. The molecule has 0 radical (unpaired) electrons. The van der Waals surface area contributed by atoms with Gasteiger partial charge in [0.1, 0.15) is 5.60 Å². The molecule has 0 atom stereocenters. The van der Waals surface area contributed by atoms with Crippen LogP contribution in [0.4, 0.5) is 10.5 Å². The molecule has 0 fully saturated rings. The van der Waals surface area contributed by atoms with Gasteiger partial charge < -0.3 is 15.4 Å². The highest BCUT2D eigenvalue weighted by Crippen LogP contribution is 2.26. The van der Waals surface area contributed by atoms with Gasteiger partial charge >= 0.3 is 6.09 Å². The maximum atomic E-state index is 13.2. The molecule has 0 aromatic heterocycles. The van der Waals surface area contributed by atoms with Crippen molar-refractivity contribution in [3.63, 3.8) is 0 Å². The van der Waals surface area contributed by atoms with Gasteiger partial charge in [-0.3, -0.25) is 4.79 Å². The SMILES string of the molecule is CC(C)(C)OC(=O)NCCc1ccc(NC(=O)C(c2ccccc2)c2ccccc2)cc1. The predicted octanol–water partition coefficient (Wildman–Crippen LogP) is 5.52. The molecule has 166 valence electrons. The average Bonchev–Trinajstić information content (AvgIpc) is 2.75. The van der Waals surface area contributed by atoms with E-state index in [4.69, 9.17) is 4.74 Å². The van der Waals surface area contributed by atoms with E-state index in [9.17, 15) is 9.59 Å². The number of alkyl carbamates (subject to hydrolysis) is 1. The minimum absolute atomic E-state index is 0.0817. The van der Waals surface area contributed by atoms with Gasteiger partial charge in [-0.1, -0.05) is 72.8 Å². The third-order valence-electron chi connectivity index (χ3n) is 4.83. The van der Waals surface area contributed by atoms with Crippen molar-refractivity contribution in [3.05, 3.63) is 102 Å². The van der Waals surface area contributed by atoms with Gasteiger partial charge in [0, 0.05) is 12.2 Å². The first-order chi connectivity index (χ1) is 15.3. The summed E-state index contributed by atoms with van der Waals surface area (Å²) < 4.78 is 5.24. The number of hydrogen-bond donors (Lipinski definition) is 2. The normalized spacial score (nSPS) is 11.1. The van der Waals surface area contributed by atoms with Crippen molar-refractivity contribution in [3.8, 4) is 0 Å². The summed E-state index contributed by atoms with van der Waals surface area (Å²) >= 11 is 0. The second kappa shape index (κ2) is 10.6. The van der Waals surface area contributed by atoms with E-state index in [2.05, 4.69) is 10.6 Å². The summed E-state index contributed by atoms with van der Waals surface area (Å²) in [5.41, 5.74) is 3.17. The molecule has 3 aromatic carbocycles. The van der Waals surface area contributed by atoms with Crippen molar-refractivity contribution in [1.29, 1.82) is 0 Å². The molecule has 0 aliphatic heterocycles. The Morgan fingerprint density at radius 1 is 0.812 bits per heavy atom. The lowest BCUT2D eigenvalue weighted by Gasteiger charge is -2.19. The van der Waals surface area contributed by atoms with Crippen molar-refractivity contribution in [1.82, 2.24) is 5.32 Å². The van der Waals surface area contributed by atoms with Crippen LogP contribution in [0.3, 0.4) is 0 Å². The summed E-state index contributed by atoms with van der Waals surface area (Å²) in [6, 6.07) is 27.2. The summed E-state index contributed by atoms with van der Waals surface area (Å²) in [6.07, 6.45) is 0.249. The van der Waals surface area contributed by atoms with Crippen molar-refractivity contribution in [2.24, 2.45) is 0 Å². The van der Waals surface area contributed by atoms with Crippen LogP contribution in [0.25, 0.3) is 0 Å². The molecule has 0 unspecified atom stereocenters. The number of amides is 2. The van der Waals surface area contributed by atoms with E-state index in [0.29, 0.717) is 13.0 Å². The van der Waals surface area contributed by atoms with Gasteiger partial charge in [0.2, 0.25) is 5.91 Å². The van der Waals surface area contributed by atoms with E-state index < -0.39 is 17.6 Å². The Kier molecular flexibility index (Phi) is 7.66. The van der Waals surface area contributed by atoms with E-state index in [1.54, 1.807) is 0 Å². The Hall–Kier alpha value is -3.60. The summed E-state index contributed by atoms with van der Waals surface area (Å²) in [5.74, 6) is -0.475. The number of nitrogens with one attached hydrogen (secondary N) is 2. The number of rotatable bonds is 7. The number of hydrogen-bond acceptors (Lipinski definition) is 3. The summed E-state index contributed by atoms with van der Waals surface area (Å²) in [7, 11) is 0. The zero-order valence-electron chi connectivity index (χ0n) is 18.8. The number of anilines is 1. The van der Waals surface area contributed by atoms with Gasteiger partial charge in [-0.25, -0.2) is 4.79 Å². The molecule has 5 nitrogen and oxygen atoms in total. The Morgan fingerprint density at radius 3 is 1.84 bits per heavy atom. The fourth-order valence-electron chi connectivity index (χ4n) is 3.38. The van der Waals surface area contributed by atoms with E-state index in [1.165, 1.54) is 0 Å². The molecule has 3 aromatic rings. The quantitative estimate of drug-likeness (QED) is 0.518. The molecule has 0 spiro atoms. The van der Waals surface area contributed by atoms with Crippen molar-refractivity contribution >= 4 is 17.7 Å². The highest BCUT2D eigenvalue weighted by Gasteiger charge is 2.22. The van der Waals surface area contributed by atoms with E-state index in [1.807, 2.05) is 106 Å². The molecule has 5 heteroatoms. The smallest absolute Gasteiger partial charge is 0.407 e. The van der Waals surface area contributed by atoms with E-state index in [0.717, 1.165) is 22.4 Å². The lowest BCUT2D eigenvalue weighted by Crippen LogP contribution is -2.33. The zero-order valence-corrected chi connectivity index (χ0v) is 18.8. The van der Waals surface area contributed by atoms with Crippen LogP contribution in [0.15, 0.2) is 84.9 Å². The highest BCUT2D eigenvalue weighted by atomic mass is 16.6. The van der Waals surface area contributed by atoms with Crippen molar-refractivity contribution in [2.75, 3.05) is 11.9 Å². The van der Waals surface area contributed by atoms with Crippen molar-refractivity contribution in [2.45, 2.75) is 38.7 Å².